The van der Waals surface area contributed by atoms with Crippen LogP contribution in [-0.2, 0) is 38.0 Å². The quantitative estimate of drug-likeness (QED) is 0.105. The predicted molar refractivity (Wildman–Crippen MR) is 139 cm³/mol. The molecule has 0 aliphatic rings. The Kier molecular flexibility index (Phi) is 11.6. The molecule has 214 valence electrons. The van der Waals surface area contributed by atoms with Gasteiger partial charge >= 0.3 is 18.0 Å². The summed E-state index contributed by atoms with van der Waals surface area (Å²) < 4.78 is 73.4. The summed E-state index contributed by atoms with van der Waals surface area (Å²) in [4.78, 5) is 23.1. The summed E-state index contributed by atoms with van der Waals surface area (Å²) in [6.07, 6.45) is -1.16. The van der Waals surface area contributed by atoms with Crippen LogP contribution in [0.4, 0.5) is 17.6 Å². The Morgan fingerprint density at radius 2 is 1.33 bits per heavy atom. The Bertz CT molecular complexity index is 1110. The second kappa shape index (κ2) is 14.1. The Labute approximate surface area is 227 Å². The third kappa shape index (κ3) is 10.4. The van der Waals surface area contributed by atoms with Gasteiger partial charge < -0.3 is 14.2 Å². The van der Waals surface area contributed by atoms with E-state index in [1.165, 1.54) is 12.1 Å². The van der Waals surface area contributed by atoms with Crippen LogP contribution in [0.1, 0.15) is 70.1 Å². The van der Waals surface area contributed by atoms with E-state index in [1.54, 1.807) is 39.8 Å². The van der Waals surface area contributed by atoms with Gasteiger partial charge in [0.1, 0.15) is 22.9 Å². The summed E-state index contributed by atoms with van der Waals surface area (Å²) >= 11 is 0. The molecule has 0 amide bonds. The van der Waals surface area contributed by atoms with E-state index in [0.717, 1.165) is 17.7 Å². The highest BCUT2D eigenvalue weighted by atomic mass is 19.3. The molecule has 39 heavy (non-hydrogen) atoms. The molecule has 0 aliphatic heterocycles. The molecule has 0 spiro atoms. The lowest BCUT2D eigenvalue weighted by Gasteiger charge is -2.20. The molecule has 0 saturated heterocycles. The Hall–Kier alpha value is -3.36. The van der Waals surface area contributed by atoms with E-state index in [2.05, 4.69) is 11.3 Å². The first kappa shape index (κ1) is 31.9. The van der Waals surface area contributed by atoms with Crippen LogP contribution in [0.3, 0.4) is 0 Å². The van der Waals surface area contributed by atoms with Gasteiger partial charge in [0.15, 0.2) is 0 Å². The zero-order valence-electron chi connectivity index (χ0n) is 22.9. The molecular weight excluding hydrogens is 516 g/mol. The van der Waals surface area contributed by atoms with E-state index in [9.17, 15) is 27.2 Å². The molecular formula is C30H36F4O5. The molecule has 0 aromatic heterocycles. The molecule has 0 N–H and O–H groups in total. The fourth-order valence-electron chi connectivity index (χ4n) is 3.50. The minimum Gasteiger partial charge on any atom is -0.465 e. The molecule has 0 unspecified atom stereocenters. The molecule has 0 saturated carbocycles. The van der Waals surface area contributed by atoms with Crippen molar-refractivity contribution in [3.8, 4) is 5.75 Å². The van der Waals surface area contributed by atoms with E-state index in [0.29, 0.717) is 37.7 Å². The van der Waals surface area contributed by atoms with Gasteiger partial charge in [-0.05, 0) is 102 Å². The monoisotopic (exact) mass is 552 g/mol. The first-order chi connectivity index (χ1) is 18.2. The van der Waals surface area contributed by atoms with Gasteiger partial charge in [0, 0.05) is 5.57 Å². The number of aryl methyl sites for hydroxylation is 2. The molecule has 2 aromatic carbocycles. The number of ether oxygens (including phenoxy) is 3. The van der Waals surface area contributed by atoms with Crippen molar-refractivity contribution < 1.29 is 41.4 Å². The van der Waals surface area contributed by atoms with Crippen molar-refractivity contribution in [1.82, 2.24) is 0 Å². The summed E-state index contributed by atoms with van der Waals surface area (Å²) in [6.45, 7) is 10.7. The highest BCUT2D eigenvalue weighted by Crippen LogP contribution is 2.35. The lowest BCUT2D eigenvalue weighted by molar-refractivity contribution is -0.189. The molecule has 0 fully saturated rings. The number of carbonyl (C=O) groups excluding carboxylic acids is 2. The van der Waals surface area contributed by atoms with Crippen LogP contribution in [0.5, 0.6) is 5.75 Å². The van der Waals surface area contributed by atoms with Crippen molar-refractivity contribution in [1.29, 1.82) is 0 Å². The number of esters is 2. The molecule has 2 aromatic rings. The van der Waals surface area contributed by atoms with Crippen molar-refractivity contribution in [2.45, 2.75) is 72.3 Å². The summed E-state index contributed by atoms with van der Waals surface area (Å²) in [5, 5.41) is 0. The summed E-state index contributed by atoms with van der Waals surface area (Å²) in [7, 11) is 0. The van der Waals surface area contributed by atoms with Gasteiger partial charge in [-0.1, -0.05) is 18.7 Å². The number of rotatable bonds is 14. The van der Waals surface area contributed by atoms with E-state index in [-0.39, 0.29) is 36.9 Å². The lowest BCUT2D eigenvalue weighted by Crippen LogP contribution is -2.25. The highest BCUT2D eigenvalue weighted by molar-refractivity contribution is 5.86. The van der Waals surface area contributed by atoms with Crippen LogP contribution in [0.25, 0.3) is 0 Å². The van der Waals surface area contributed by atoms with Crippen LogP contribution in [0.2, 0.25) is 0 Å². The first-order valence-electron chi connectivity index (χ1n) is 12.8. The summed E-state index contributed by atoms with van der Waals surface area (Å²) in [5.41, 5.74) is -0.705. The molecule has 2 rings (SSSR count). The van der Waals surface area contributed by atoms with Crippen molar-refractivity contribution in [2.75, 3.05) is 13.2 Å². The molecule has 0 heterocycles. The van der Waals surface area contributed by atoms with Gasteiger partial charge in [0.2, 0.25) is 0 Å². The minimum atomic E-state index is -4.23. The Morgan fingerprint density at radius 1 is 0.821 bits per heavy atom. The van der Waals surface area contributed by atoms with Gasteiger partial charge in [-0.3, -0.25) is 4.79 Å². The molecule has 0 atom stereocenters. The largest absolute Gasteiger partial charge is 0.465 e. The smallest absolute Gasteiger partial charge is 0.432 e. The second-order valence-electron chi connectivity index (χ2n) is 10.4. The third-order valence-corrected chi connectivity index (χ3v) is 5.71. The molecule has 9 heteroatoms. The molecule has 0 bridgehead atoms. The average Bonchev–Trinajstić information content (AvgIpc) is 2.82. The third-order valence-electron chi connectivity index (χ3n) is 5.71. The average molecular weight is 553 g/mol. The number of carbonyl (C=O) groups is 2. The van der Waals surface area contributed by atoms with E-state index >= 15 is 0 Å². The van der Waals surface area contributed by atoms with Crippen molar-refractivity contribution in [3.63, 3.8) is 0 Å². The van der Waals surface area contributed by atoms with Crippen LogP contribution >= 0.6 is 0 Å². The van der Waals surface area contributed by atoms with Crippen molar-refractivity contribution in [2.24, 2.45) is 5.41 Å². The maximum atomic E-state index is 14.7. The lowest BCUT2D eigenvalue weighted by atomic mass is 9.97. The van der Waals surface area contributed by atoms with Gasteiger partial charge in [-0.2, -0.15) is 8.78 Å². The second-order valence-corrected chi connectivity index (χ2v) is 10.4. The zero-order chi connectivity index (χ0) is 29.2. The van der Waals surface area contributed by atoms with E-state index < -0.39 is 34.7 Å². The fourth-order valence-corrected chi connectivity index (χ4v) is 3.50. The minimum absolute atomic E-state index is 0.161. The SMILES string of the molecule is C=C(C)C(=O)OCCCCc1ccc(OC(F)(F)c2c(F)cc(CCCCOC(=O)C(C)(C)C)cc2F)cc1. The van der Waals surface area contributed by atoms with Crippen LogP contribution in [-0.4, -0.2) is 25.2 Å². The highest BCUT2D eigenvalue weighted by Gasteiger charge is 2.41. The number of halogens is 4. The van der Waals surface area contributed by atoms with Crippen molar-refractivity contribution in [3.05, 3.63) is 76.9 Å². The topological polar surface area (TPSA) is 61.8 Å². The first-order valence-corrected chi connectivity index (χ1v) is 12.8. The standard InChI is InChI=1S/C30H36F4O5/c1-20(2)27(35)37-16-8-6-10-21-12-14-23(15-13-21)39-30(33,34)26-24(31)18-22(19-25(26)32)11-7-9-17-38-28(36)29(3,4)5/h12-15,18-19H,1,6-11,16-17H2,2-5H3. The molecule has 0 aliphatic carbocycles. The van der Waals surface area contributed by atoms with Gasteiger partial charge in [0.05, 0.1) is 18.6 Å². The summed E-state index contributed by atoms with van der Waals surface area (Å²) in [5.74, 6) is -3.85. The maximum absolute atomic E-state index is 14.7. The van der Waals surface area contributed by atoms with Crippen LogP contribution in [0.15, 0.2) is 48.6 Å². The van der Waals surface area contributed by atoms with Gasteiger partial charge in [-0.25, -0.2) is 13.6 Å². The maximum Gasteiger partial charge on any atom is 0.432 e. The van der Waals surface area contributed by atoms with E-state index in [1.807, 2.05) is 0 Å². The van der Waals surface area contributed by atoms with Crippen LogP contribution < -0.4 is 4.74 Å². The normalized spacial score (nSPS) is 11.7. The van der Waals surface area contributed by atoms with Gasteiger partial charge in [-0.15, -0.1) is 0 Å². The number of benzene rings is 2. The Morgan fingerprint density at radius 3 is 1.85 bits per heavy atom. The van der Waals surface area contributed by atoms with Gasteiger partial charge in [0.25, 0.3) is 0 Å². The Balaban J connectivity index is 1.88. The summed E-state index contributed by atoms with van der Waals surface area (Å²) in [6, 6.07) is 7.52. The fraction of sp³-hybridized carbons (Fsp3) is 0.467. The predicted octanol–water partition coefficient (Wildman–Crippen LogP) is 7.45. The van der Waals surface area contributed by atoms with Crippen LogP contribution in [0, 0.1) is 17.0 Å². The van der Waals surface area contributed by atoms with Crippen molar-refractivity contribution >= 4 is 11.9 Å². The molecule has 5 nitrogen and oxygen atoms in total. The number of hydrogen-bond acceptors (Lipinski definition) is 5. The number of hydrogen-bond donors (Lipinski definition) is 0. The number of alkyl halides is 2. The zero-order valence-corrected chi connectivity index (χ0v) is 22.9. The number of unbranched alkanes of at least 4 members (excludes halogenated alkanes) is 2. The molecule has 0 radical (unpaired) electrons. The van der Waals surface area contributed by atoms with E-state index in [4.69, 9.17) is 9.47 Å².